The number of fused-ring (bicyclic) bond motifs is 6. The molecule has 0 saturated carbocycles. The van der Waals surface area contributed by atoms with Gasteiger partial charge in [0.25, 0.3) is 0 Å². The Kier molecular flexibility index (Phi) is 7.99. The van der Waals surface area contributed by atoms with E-state index in [4.69, 9.17) is 21.5 Å². The van der Waals surface area contributed by atoms with Crippen molar-refractivity contribution >= 4 is 49.3 Å². The van der Waals surface area contributed by atoms with Crippen LogP contribution in [0.3, 0.4) is 0 Å². The van der Waals surface area contributed by atoms with E-state index in [9.17, 15) is 0 Å². The largest absolute Gasteiger partial charge is 0.309 e. The van der Waals surface area contributed by atoms with Crippen molar-refractivity contribution in [3.05, 3.63) is 205 Å². The quantitative estimate of drug-likeness (QED) is 0.159. The molecule has 3 heterocycles. The maximum Gasteiger partial charge on any atom is 0.188 e. The van der Waals surface area contributed by atoms with Crippen molar-refractivity contribution in [3.8, 4) is 56.7 Å². The van der Waals surface area contributed by atoms with E-state index in [0.29, 0.717) is 23.2 Å². The lowest BCUT2D eigenvalue weighted by molar-refractivity contribution is 1.07. The van der Waals surface area contributed by atoms with Gasteiger partial charge in [0, 0.05) is 43.9 Å². The van der Waals surface area contributed by atoms with E-state index in [1.807, 2.05) is 72.8 Å². The molecule has 0 saturated heterocycles. The zero-order valence-corrected chi connectivity index (χ0v) is 32.1. The normalized spacial score (nSPS) is 11.5. The second-order valence-corrected chi connectivity index (χ2v) is 14.8. The van der Waals surface area contributed by atoms with E-state index in [1.165, 1.54) is 16.3 Å². The second-order valence-electron chi connectivity index (χ2n) is 14.8. The molecular weight excluding hydrogens is 721 g/mol. The topological polar surface area (TPSA) is 52.9 Å². The molecule has 0 aliphatic rings. The molecule has 0 amide bonds. The summed E-state index contributed by atoms with van der Waals surface area (Å²) >= 11 is 0. The predicted octanol–water partition coefficient (Wildman–Crippen LogP) is 13.6. The van der Waals surface area contributed by atoms with Crippen molar-refractivity contribution < 1.29 is 0 Å². The molecule has 0 aliphatic carbocycles. The molecule has 276 valence electrons. The summed E-state index contributed by atoms with van der Waals surface area (Å²) in [5, 5.41) is 4.54. The first-order valence-electron chi connectivity index (χ1n) is 19.6. The first-order valence-corrected chi connectivity index (χ1v) is 19.6. The van der Waals surface area contributed by atoms with Crippen molar-refractivity contribution in [1.82, 2.24) is 24.1 Å². The van der Waals surface area contributed by atoms with Crippen LogP contribution in [0, 0.1) is 13.5 Å². The number of hydrogen-bond acceptors (Lipinski definition) is 3. The molecule has 0 spiro atoms. The minimum Gasteiger partial charge on any atom is -0.309 e. The summed E-state index contributed by atoms with van der Waals surface area (Å²) in [4.78, 5) is 19.0. The fourth-order valence-corrected chi connectivity index (χ4v) is 8.54. The highest BCUT2D eigenvalue weighted by atomic mass is 15.0. The third kappa shape index (κ3) is 5.68. The van der Waals surface area contributed by atoms with Crippen LogP contribution in [0.25, 0.3) is 105 Å². The Bertz CT molecular complexity index is 3350. The number of hydrogen-bond donors (Lipinski definition) is 0. The number of benzene rings is 8. The minimum absolute atomic E-state index is 0.590. The van der Waals surface area contributed by atoms with Crippen molar-refractivity contribution in [2.45, 2.75) is 6.92 Å². The summed E-state index contributed by atoms with van der Waals surface area (Å²) in [7, 11) is 0. The third-order valence-corrected chi connectivity index (χ3v) is 11.3. The predicted molar refractivity (Wildman–Crippen MR) is 241 cm³/mol. The molecule has 0 radical (unpaired) electrons. The second kappa shape index (κ2) is 13.8. The van der Waals surface area contributed by atoms with Gasteiger partial charge in [0.05, 0.1) is 34.3 Å². The molecule has 8 aromatic carbocycles. The third-order valence-electron chi connectivity index (χ3n) is 11.3. The van der Waals surface area contributed by atoms with Crippen LogP contribution in [0.1, 0.15) is 5.56 Å². The van der Waals surface area contributed by atoms with Gasteiger partial charge in [0.2, 0.25) is 0 Å². The van der Waals surface area contributed by atoms with Crippen LogP contribution in [-0.4, -0.2) is 24.1 Å². The monoisotopic (exact) mass is 754 g/mol. The molecule has 0 aliphatic heterocycles. The first-order chi connectivity index (χ1) is 29.1. The molecule has 0 fully saturated rings. The van der Waals surface area contributed by atoms with Crippen molar-refractivity contribution in [2.75, 3.05) is 0 Å². The molecule has 6 heteroatoms. The van der Waals surface area contributed by atoms with E-state index >= 15 is 0 Å². The molecule has 6 nitrogen and oxygen atoms in total. The van der Waals surface area contributed by atoms with Crippen molar-refractivity contribution in [1.29, 1.82) is 0 Å². The summed E-state index contributed by atoms with van der Waals surface area (Å²) in [6, 6.07) is 65.0. The number of para-hydroxylation sites is 3. The highest BCUT2D eigenvalue weighted by Gasteiger charge is 2.20. The smallest absolute Gasteiger partial charge is 0.188 e. The van der Waals surface area contributed by atoms with Gasteiger partial charge in [0.1, 0.15) is 0 Å². The van der Waals surface area contributed by atoms with Crippen LogP contribution >= 0.6 is 0 Å². The van der Waals surface area contributed by atoms with Crippen LogP contribution < -0.4 is 0 Å². The minimum atomic E-state index is 0.590. The van der Waals surface area contributed by atoms with Gasteiger partial charge in [-0.25, -0.2) is 19.8 Å². The van der Waals surface area contributed by atoms with Gasteiger partial charge in [-0.2, -0.15) is 0 Å². The van der Waals surface area contributed by atoms with Crippen LogP contribution in [-0.2, 0) is 0 Å². The fourth-order valence-electron chi connectivity index (χ4n) is 8.54. The van der Waals surface area contributed by atoms with Gasteiger partial charge in [-0.3, -0.25) is 0 Å². The maximum absolute atomic E-state index is 8.01. The molecule has 59 heavy (non-hydrogen) atoms. The Hall–Kier alpha value is -8.14. The molecular formula is C53H34N6. The lowest BCUT2D eigenvalue weighted by Crippen LogP contribution is -2.00. The maximum atomic E-state index is 8.01. The van der Waals surface area contributed by atoms with Crippen LogP contribution in [0.4, 0.5) is 5.69 Å². The van der Waals surface area contributed by atoms with E-state index in [2.05, 4.69) is 136 Å². The molecule has 0 N–H and O–H groups in total. The highest BCUT2D eigenvalue weighted by molar-refractivity contribution is 6.13. The van der Waals surface area contributed by atoms with Gasteiger partial charge in [-0.05, 0) is 84.3 Å². The molecule has 11 aromatic rings. The Morgan fingerprint density at radius 2 is 0.864 bits per heavy atom. The molecule has 3 aromatic heterocycles. The molecule has 11 rings (SSSR count). The Morgan fingerprint density at radius 3 is 1.46 bits per heavy atom. The number of aryl methyl sites for hydroxylation is 1. The zero-order chi connectivity index (χ0) is 39.5. The van der Waals surface area contributed by atoms with Crippen LogP contribution in [0.2, 0.25) is 0 Å². The van der Waals surface area contributed by atoms with E-state index in [-0.39, 0.29) is 0 Å². The van der Waals surface area contributed by atoms with Gasteiger partial charge in [-0.15, -0.1) is 0 Å². The average Bonchev–Trinajstić information content (AvgIpc) is 3.81. The standard InChI is InChI=1S/C53H34N6/c1-34-15-9-12-22-45(34)58-49-28-25-37(42-33-39(54-2)27-30-48(42)59-46-23-13-10-20-40(46)41-21-11-14-24-47(41)59)31-43(49)44-32-38(26-29-50(44)58)53-56-51(35-16-5-3-6-17-35)55-52(57-53)36-18-7-4-8-19-36/h3-33H,1H3. The lowest BCUT2D eigenvalue weighted by Gasteiger charge is -2.15. The fraction of sp³-hybridized carbons (Fsp3) is 0.0189. The molecule has 0 bridgehead atoms. The van der Waals surface area contributed by atoms with E-state index in [1.54, 1.807) is 0 Å². The highest BCUT2D eigenvalue weighted by Crippen LogP contribution is 2.42. The zero-order valence-electron chi connectivity index (χ0n) is 32.1. The van der Waals surface area contributed by atoms with E-state index in [0.717, 1.165) is 72.0 Å². The summed E-state index contributed by atoms with van der Waals surface area (Å²) in [6.45, 7) is 10.2. The molecule has 0 atom stereocenters. The Morgan fingerprint density at radius 1 is 0.390 bits per heavy atom. The number of aromatic nitrogens is 5. The number of rotatable bonds is 6. The Labute approximate surface area is 340 Å². The van der Waals surface area contributed by atoms with Gasteiger partial charge < -0.3 is 9.13 Å². The lowest BCUT2D eigenvalue weighted by atomic mass is 9.99. The van der Waals surface area contributed by atoms with Crippen LogP contribution in [0.5, 0.6) is 0 Å². The Balaban J connectivity index is 1.17. The van der Waals surface area contributed by atoms with Gasteiger partial charge in [0.15, 0.2) is 23.2 Å². The van der Waals surface area contributed by atoms with Crippen molar-refractivity contribution in [2.24, 2.45) is 0 Å². The number of nitrogens with zero attached hydrogens (tertiary/aromatic N) is 6. The van der Waals surface area contributed by atoms with Gasteiger partial charge >= 0.3 is 0 Å². The molecule has 0 unspecified atom stereocenters. The summed E-state index contributed by atoms with van der Waals surface area (Å²) < 4.78 is 4.69. The first kappa shape index (κ1) is 34.1. The average molecular weight is 755 g/mol. The summed E-state index contributed by atoms with van der Waals surface area (Å²) in [6.07, 6.45) is 0. The van der Waals surface area contributed by atoms with Gasteiger partial charge in [-0.1, -0.05) is 127 Å². The van der Waals surface area contributed by atoms with Crippen molar-refractivity contribution in [3.63, 3.8) is 0 Å². The summed E-state index contributed by atoms with van der Waals surface area (Å²) in [5.41, 5.74) is 13.1. The summed E-state index contributed by atoms with van der Waals surface area (Å²) in [5.74, 6) is 1.85. The van der Waals surface area contributed by atoms with Crippen LogP contribution in [0.15, 0.2) is 188 Å². The SMILES string of the molecule is [C-]#[N+]c1ccc(-n2c3ccccc3c3ccccc32)c(-c2ccc3c(c2)c2cc(-c4nc(-c5ccccc5)nc(-c5ccccc5)n4)ccc2n3-c2ccccc2C)c1. The van der Waals surface area contributed by atoms with E-state index < -0.39 is 0 Å².